The maximum Gasteiger partial charge on any atom is 0.157 e. The molecule has 210 valence electrons. The van der Waals surface area contributed by atoms with E-state index in [2.05, 4.69) is 46.0 Å². The number of allylic oxidation sites excluding steroid dienone is 2. The summed E-state index contributed by atoms with van der Waals surface area (Å²) in [4.78, 5) is 0. The number of hydrogen-bond acceptors (Lipinski definition) is 2. The van der Waals surface area contributed by atoms with Crippen molar-refractivity contribution in [3.63, 3.8) is 0 Å². The molecule has 0 aromatic rings. The van der Waals surface area contributed by atoms with E-state index in [1.807, 2.05) is 0 Å². The molecule has 0 aromatic carbocycles. The highest BCUT2D eigenvalue weighted by molar-refractivity contribution is 7.73. The van der Waals surface area contributed by atoms with E-state index in [1.165, 1.54) is 135 Å². The van der Waals surface area contributed by atoms with Crippen LogP contribution in [0.25, 0.3) is 0 Å². The lowest BCUT2D eigenvalue weighted by molar-refractivity contribution is -0.148. The summed E-state index contributed by atoms with van der Waals surface area (Å²) >= 11 is 0. The Bertz CT molecular complexity index is 410. The van der Waals surface area contributed by atoms with Gasteiger partial charge in [0.2, 0.25) is 0 Å². The summed E-state index contributed by atoms with van der Waals surface area (Å²) in [5.74, 6) is 0. The summed E-state index contributed by atoms with van der Waals surface area (Å²) in [6.45, 7) is 13.6. The molecule has 0 rings (SSSR count). The van der Waals surface area contributed by atoms with E-state index in [4.69, 9.17) is 9.47 Å². The molecule has 0 N–H and O–H groups in total. The van der Waals surface area contributed by atoms with E-state index in [9.17, 15) is 0 Å². The summed E-state index contributed by atoms with van der Waals surface area (Å²) in [6.07, 6.45) is 33.7. The predicted molar refractivity (Wildman–Crippen MR) is 163 cm³/mol. The van der Waals surface area contributed by atoms with E-state index >= 15 is 0 Å². The Morgan fingerprint density at radius 1 is 0.514 bits per heavy atom. The summed E-state index contributed by atoms with van der Waals surface area (Å²) < 4.78 is 12.4. The van der Waals surface area contributed by atoms with Crippen LogP contribution in [0.1, 0.15) is 149 Å². The molecule has 0 aromatic heterocycles. The summed E-state index contributed by atoms with van der Waals surface area (Å²) in [7, 11) is -0.590. The third-order valence-electron chi connectivity index (χ3n) is 6.78. The second kappa shape index (κ2) is 27.1. The maximum atomic E-state index is 6.20. The van der Waals surface area contributed by atoms with Crippen molar-refractivity contribution in [1.82, 2.24) is 0 Å². The molecule has 0 radical (unpaired) electrons. The summed E-state index contributed by atoms with van der Waals surface area (Å²) in [5.41, 5.74) is 0. The first-order chi connectivity index (χ1) is 17.0. The molecule has 0 aliphatic rings. The molecule has 0 saturated carbocycles. The minimum absolute atomic E-state index is 0.0199. The molecule has 0 bridgehead atoms. The van der Waals surface area contributed by atoms with Gasteiger partial charge in [-0.1, -0.05) is 109 Å². The first kappa shape index (κ1) is 35.1. The van der Waals surface area contributed by atoms with Crippen molar-refractivity contribution >= 4 is 7.26 Å². The zero-order valence-corrected chi connectivity index (χ0v) is 25.9. The normalized spacial score (nSPS) is 12.4. The first-order valence-corrected chi connectivity index (χ1v) is 19.0. The van der Waals surface area contributed by atoms with Crippen LogP contribution in [0.2, 0.25) is 0 Å². The standard InChI is InChI=1S/C32H66O2P/c1-6-8-10-12-17-21-25-29-33-32(34-30-26-22-18-13-11-9-7-2)28-24-20-16-14-15-19-23-27-31-35(3,4)5/h15,19,32H,6-14,16-18,20-31H2,1-5H3/q+1/b19-15-. The van der Waals surface area contributed by atoms with Gasteiger partial charge in [0.1, 0.15) is 0 Å². The highest BCUT2D eigenvalue weighted by Crippen LogP contribution is 2.47. The van der Waals surface area contributed by atoms with Crippen LogP contribution in [0.4, 0.5) is 0 Å². The largest absolute Gasteiger partial charge is 0.353 e. The van der Waals surface area contributed by atoms with Gasteiger partial charge in [0.05, 0.1) is 6.16 Å². The van der Waals surface area contributed by atoms with E-state index in [0.29, 0.717) is 0 Å². The van der Waals surface area contributed by atoms with Crippen LogP contribution in [0.5, 0.6) is 0 Å². The number of hydrogen-bond donors (Lipinski definition) is 0. The minimum atomic E-state index is -0.590. The summed E-state index contributed by atoms with van der Waals surface area (Å²) in [6, 6.07) is 0. The Kier molecular flexibility index (Phi) is 27.2. The third-order valence-corrected chi connectivity index (χ3v) is 8.44. The van der Waals surface area contributed by atoms with Crippen molar-refractivity contribution in [1.29, 1.82) is 0 Å². The van der Waals surface area contributed by atoms with Crippen LogP contribution in [-0.2, 0) is 9.47 Å². The second-order valence-corrected chi connectivity index (χ2v) is 16.7. The van der Waals surface area contributed by atoms with E-state index in [1.54, 1.807) is 0 Å². The molecule has 0 atom stereocenters. The fraction of sp³-hybridized carbons (Fsp3) is 0.938. The van der Waals surface area contributed by atoms with Crippen molar-refractivity contribution in [2.75, 3.05) is 39.4 Å². The molecule has 0 fully saturated rings. The smallest absolute Gasteiger partial charge is 0.157 e. The molecular formula is C32H66O2P+. The average Bonchev–Trinajstić information content (AvgIpc) is 2.82. The molecular weight excluding hydrogens is 447 g/mol. The monoisotopic (exact) mass is 513 g/mol. The van der Waals surface area contributed by atoms with Crippen LogP contribution >= 0.6 is 7.26 Å². The van der Waals surface area contributed by atoms with Crippen molar-refractivity contribution in [3.05, 3.63) is 12.2 Å². The molecule has 2 nitrogen and oxygen atoms in total. The van der Waals surface area contributed by atoms with Crippen LogP contribution < -0.4 is 0 Å². The highest BCUT2D eigenvalue weighted by Gasteiger charge is 2.15. The van der Waals surface area contributed by atoms with Crippen molar-refractivity contribution in [3.8, 4) is 0 Å². The van der Waals surface area contributed by atoms with Gasteiger partial charge >= 0.3 is 0 Å². The lowest BCUT2D eigenvalue weighted by Crippen LogP contribution is -2.19. The topological polar surface area (TPSA) is 18.5 Å². The Morgan fingerprint density at radius 2 is 0.943 bits per heavy atom. The second-order valence-electron chi connectivity index (χ2n) is 11.7. The molecule has 0 amide bonds. The number of ether oxygens (including phenoxy) is 2. The SMILES string of the molecule is CCCCCCCCCOC(CCCCC/C=C\CCC[P+](C)(C)C)OCCCCCCCCC. The Balaban J connectivity index is 3.94. The quantitative estimate of drug-likeness (QED) is 0.0448. The van der Waals surface area contributed by atoms with Crippen LogP contribution in [-0.4, -0.2) is 45.7 Å². The molecule has 0 spiro atoms. The molecule has 3 heteroatoms. The van der Waals surface area contributed by atoms with Gasteiger partial charge in [0, 0.05) is 40.5 Å². The predicted octanol–water partition coefficient (Wildman–Crippen LogP) is 11.0. The molecule has 0 heterocycles. The third kappa shape index (κ3) is 30.2. The molecule has 0 aliphatic carbocycles. The fourth-order valence-electron chi connectivity index (χ4n) is 4.43. The van der Waals surface area contributed by atoms with Crippen LogP contribution in [0.15, 0.2) is 12.2 Å². The number of unbranched alkanes of at least 4 members (excludes halogenated alkanes) is 16. The van der Waals surface area contributed by atoms with Crippen molar-refractivity contribution in [2.45, 2.75) is 155 Å². The molecule has 0 aliphatic heterocycles. The van der Waals surface area contributed by atoms with Gasteiger partial charge in [0.25, 0.3) is 0 Å². The van der Waals surface area contributed by atoms with Crippen molar-refractivity contribution in [2.24, 2.45) is 0 Å². The molecule has 0 saturated heterocycles. The van der Waals surface area contributed by atoms with Crippen LogP contribution in [0.3, 0.4) is 0 Å². The van der Waals surface area contributed by atoms with Gasteiger partial charge < -0.3 is 9.47 Å². The Morgan fingerprint density at radius 3 is 1.43 bits per heavy atom. The average molecular weight is 514 g/mol. The van der Waals surface area contributed by atoms with E-state index in [-0.39, 0.29) is 6.29 Å². The van der Waals surface area contributed by atoms with Crippen LogP contribution in [0, 0.1) is 0 Å². The van der Waals surface area contributed by atoms with Gasteiger partial charge in [-0.15, -0.1) is 0 Å². The molecule has 0 unspecified atom stereocenters. The van der Waals surface area contributed by atoms with Gasteiger partial charge in [-0.3, -0.25) is 0 Å². The number of rotatable bonds is 28. The van der Waals surface area contributed by atoms with E-state index in [0.717, 1.165) is 19.6 Å². The lowest BCUT2D eigenvalue weighted by atomic mass is 10.1. The van der Waals surface area contributed by atoms with Gasteiger partial charge in [-0.2, -0.15) is 0 Å². The lowest BCUT2D eigenvalue weighted by Gasteiger charge is -2.19. The van der Waals surface area contributed by atoms with Gasteiger partial charge in [0.15, 0.2) is 6.29 Å². The Labute approximate surface area is 223 Å². The zero-order chi connectivity index (χ0) is 25.9. The van der Waals surface area contributed by atoms with E-state index < -0.39 is 7.26 Å². The van der Waals surface area contributed by atoms with Gasteiger partial charge in [-0.05, 0) is 51.4 Å². The fourth-order valence-corrected chi connectivity index (χ4v) is 5.56. The first-order valence-electron chi connectivity index (χ1n) is 15.7. The molecule has 35 heavy (non-hydrogen) atoms. The Hall–Kier alpha value is 0.0900. The zero-order valence-electron chi connectivity index (χ0n) is 25.0. The minimum Gasteiger partial charge on any atom is -0.353 e. The highest BCUT2D eigenvalue weighted by atomic mass is 31.2. The van der Waals surface area contributed by atoms with Crippen molar-refractivity contribution < 1.29 is 9.47 Å². The maximum absolute atomic E-state index is 6.20. The summed E-state index contributed by atoms with van der Waals surface area (Å²) in [5, 5.41) is 0. The van der Waals surface area contributed by atoms with Gasteiger partial charge in [-0.25, -0.2) is 0 Å².